The van der Waals surface area contributed by atoms with Crippen molar-refractivity contribution in [3.05, 3.63) is 11.8 Å². The summed E-state index contributed by atoms with van der Waals surface area (Å²) in [5, 5.41) is 0. The van der Waals surface area contributed by atoms with Gasteiger partial charge in [0, 0.05) is 13.1 Å². The Hall–Kier alpha value is -0.580. The highest BCUT2D eigenvalue weighted by Gasteiger charge is 2.28. The lowest BCUT2D eigenvalue weighted by molar-refractivity contribution is 0.139. The average Bonchev–Trinajstić information content (AvgIpc) is 2.37. The van der Waals surface area contributed by atoms with E-state index in [2.05, 4.69) is 34.6 Å². The minimum absolute atomic E-state index is 0.212. The molecule has 4 N–H and O–H groups in total. The Balaban J connectivity index is 4.64. The van der Waals surface area contributed by atoms with Gasteiger partial charge in [-0.05, 0) is 29.2 Å². The van der Waals surface area contributed by atoms with E-state index < -0.39 is 0 Å². The SMILES string of the molecule is CCC(C)(C)CC(C)(C)CC(=COCCN)COCCN. The Bertz CT molecular complexity index is 299. The average molecular weight is 300 g/mol. The van der Waals surface area contributed by atoms with Gasteiger partial charge in [0.25, 0.3) is 0 Å². The zero-order chi connectivity index (χ0) is 16.4. The Labute approximate surface area is 131 Å². The summed E-state index contributed by atoms with van der Waals surface area (Å²) in [6.45, 7) is 14.3. The van der Waals surface area contributed by atoms with Gasteiger partial charge in [0.1, 0.15) is 0 Å². The highest BCUT2D eigenvalue weighted by atomic mass is 16.5. The summed E-state index contributed by atoms with van der Waals surface area (Å²) in [6.07, 6.45) is 5.14. The van der Waals surface area contributed by atoms with E-state index >= 15 is 0 Å². The van der Waals surface area contributed by atoms with Crippen molar-refractivity contribution < 1.29 is 9.47 Å². The van der Waals surface area contributed by atoms with Gasteiger partial charge in [-0.2, -0.15) is 0 Å². The van der Waals surface area contributed by atoms with Gasteiger partial charge in [0.15, 0.2) is 0 Å². The quantitative estimate of drug-likeness (QED) is 0.429. The molecule has 0 aromatic rings. The third-order valence-electron chi connectivity index (χ3n) is 3.66. The van der Waals surface area contributed by atoms with Crippen LogP contribution < -0.4 is 11.5 Å². The predicted octanol–water partition coefficient (Wildman–Crippen LogP) is 3.06. The molecule has 4 nitrogen and oxygen atoms in total. The zero-order valence-electron chi connectivity index (χ0n) is 14.7. The fourth-order valence-corrected chi connectivity index (χ4v) is 2.76. The number of rotatable bonds is 12. The second-order valence-corrected chi connectivity index (χ2v) is 7.31. The summed E-state index contributed by atoms with van der Waals surface area (Å²) in [7, 11) is 0. The van der Waals surface area contributed by atoms with Crippen LogP contribution in [0, 0.1) is 10.8 Å². The zero-order valence-corrected chi connectivity index (χ0v) is 14.7. The molecule has 4 heteroatoms. The molecule has 21 heavy (non-hydrogen) atoms. The molecule has 0 spiro atoms. The Morgan fingerprint density at radius 2 is 1.62 bits per heavy atom. The van der Waals surface area contributed by atoms with Crippen LogP contribution >= 0.6 is 0 Å². The summed E-state index contributed by atoms with van der Waals surface area (Å²) in [4.78, 5) is 0. The van der Waals surface area contributed by atoms with Crippen LogP contribution in [0.15, 0.2) is 11.8 Å². The van der Waals surface area contributed by atoms with Crippen LogP contribution in [-0.4, -0.2) is 32.9 Å². The Morgan fingerprint density at radius 3 is 2.14 bits per heavy atom. The minimum Gasteiger partial charge on any atom is -0.500 e. The maximum Gasteiger partial charge on any atom is 0.0995 e. The molecule has 0 saturated carbocycles. The predicted molar refractivity (Wildman–Crippen MR) is 90.0 cm³/mol. The summed E-state index contributed by atoms with van der Waals surface area (Å²) in [6, 6.07) is 0. The number of hydrogen-bond donors (Lipinski definition) is 2. The monoisotopic (exact) mass is 300 g/mol. The van der Waals surface area contributed by atoms with Crippen molar-refractivity contribution in [3.8, 4) is 0 Å². The summed E-state index contributed by atoms with van der Waals surface area (Å²) >= 11 is 0. The fourth-order valence-electron chi connectivity index (χ4n) is 2.76. The molecular weight excluding hydrogens is 264 g/mol. The largest absolute Gasteiger partial charge is 0.500 e. The van der Waals surface area contributed by atoms with E-state index in [0.29, 0.717) is 38.3 Å². The number of ether oxygens (including phenoxy) is 2. The molecule has 0 heterocycles. The second-order valence-electron chi connectivity index (χ2n) is 7.31. The van der Waals surface area contributed by atoms with Gasteiger partial charge in [0.05, 0.1) is 26.1 Å². The first-order chi connectivity index (χ1) is 9.76. The van der Waals surface area contributed by atoms with Gasteiger partial charge >= 0.3 is 0 Å². The second kappa shape index (κ2) is 10.2. The van der Waals surface area contributed by atoms with Gasteiger partial charge in [0.2, 0.25) is 0 Å². The van der Waals surface area contributed by atoms with E-state index in [1.54, 1.807) is 0 Å². The lowest BCUT2D eigenvalue weighted by Gasteiger charge is -2.35. The third-order valence-corrected chi connectivity index (χ3v) is 3.66. The van der Waals surface area contributed by atoms with Gasteiger partial charge < -0.3 is 20.9 Å². The smallest absolute Gasteiger partial charge is 0.0995 e. The first-order valence-corrected chi connectivity index (χ1v) is 8.04. The van der Waals surface area contributed by atoms with E-state index in [9.17, 15) is 0 Å². The van der Waals surface area contributed by atoms with Gasteiger partial charge in [-0.1, -0.05) is 41.0 Å². The maximum absolute atomic E-state index is 5.57. The molecule has 126 valence electrons. The van der Waals surface area contributed by atoms with E-state index in [1.165, 1.54) is 18.4 Å². The number of nitrogens with two attached hydrogens (primary N) is 2. The molecule has 0 aliphatic rings. The summed E-state index contributed by atoms with van der Waals surface area (Å²) in [5.41, 5.74) is 12.7. The lowest BCUT2D eigenvalue weighted by Crippen LogP contribution is -2.24. The van der Waals surface area contributed by atoms with Crippen LogP contribution in [0.5, 0.6) is 0 Å². The molecule has 0 aliphatic carbocycles. The van der Waals surface area contributed by atoms with Crippen LogP contribution in [0.1, 0.15) is 53.9 Å². The van der Waals surface area contributed by atoms with Gasteiger partial charge in [-0.25, -0.2) is 0 Å². The van der Waals surface area contributed by atoms with Crippen LogP contribution in [0.2, 0.25) is 0 Å². The first-order valence-electron chi connectivity index (χ1n) is 8.04. The molecule has 0 rings (SSSR count). The molecule has 0 radical (unpaired) electrons. The van der Waals surface area contributed by atoms with E-state index in [-0.39, 0.29) is 5.41 Å². The molecular formula is C17H36N2O2. The van der Waals surface area contributed by atoms with Crippen molar-refractivity contribution in [2.24, 2.45) is 22.3 Å². The van der Waals surface area contributed by atoms with Crippen molar-refractivity contribution >= 4 is 0 Å². The maximum atomic E-state index is 5.57. The topological polar surface area (TPSA) is 70.5 Å². The number of hydrogen-bond acceptors (Lipinski definition) is 4. The lowest BCUT2D eigenvalue weighted by atomic mass is 9.71. The summed E-state index contributed by atoms with van der Waals surface area (Å²) in [5.74, 6) is 0. The highest BCUT2D eigenvalue weighted by molar-refractivity contribution is 5.03. The Morgan fingerprint density at radius 1 is 1.00 bits per heavy atom. The molecule has 0 amide bonds. The van der Waals surface area contributed by atoms with E-state index in [1.807, 2.05) is 6.26 Å². The molecule has 0 unspecified atom stereocenters. The van der Waals surface area contributed by atoms with Crippen molar-refractivity contribution in [2.45, 2.75) is 53.9 Å². The normalized spacial score (nSPS) is 13.6. The van der Waals surface area contributed by atoms with Crippen molar-refractivity contribution in [1.82, 2.24) is 0 Å². The van der Waals surface area contributed by atoms with Crippen molar-refractivity contribution in [1.29, 1.82) is 0 Å². The molecule has 0 aromatic carbocycles. The van der Waals surface area contributed by atoms with Crippen LogP contribution in [-0.2, 0) is 9.47 Å². The fraction of sp³-hybridized carbons (Fsp3) is 0.882. The van der Waals surface area contributed by atoms with Crippen molar-refractivity contribution in [2.75, 3.05) is 32.9 Å². The minimum atomic E-state index is 0.212. The van der Waals surface area contributed by atoms with Crippen molar-refractivity contribution in [3.63, 3.8) is 0 Å². The van der Waals surface area contributed by atoms with E-state index in [0.717, 1.165) is 6.42 Å². The first kappa shape index (κ1) is 20.4. The molecule has 0 bridgehead atoms. The van der Waals surface area contributed by atoms with Crippen LogP contribution in [0.25, 0.3) is 0 Å². The highest BCUT2D eigenvalue weighted by Crippen LogP contribution is 2.39. The molecule has 0 atom stereocenters. The molecule has 0 aromatic heterocycles. The van der Waals surface area contributed by atoms with Crippen LogP contribution in [0.4, 0.5) is 0 Å². The third kappa shape index (κ3) is 10.7. The molecule has 0 saturated heterocycles. The molecule has 0 fully saturated rings. The Kier molecular flexibility index (Phi) is 9.92. The standard InChI is InChI=1S/C17H36N2O2/c1-6-16(2,3)14-17(4,5)11-15(12-20-9-7-18)13-21-10-8-19/h12H,6-11,13-14,18-19H2,1-5H3. The van der Waals surface area contributed by atoms with Crippen LogP contribution in [0.3, 0.4) is 0 Å². The summed E-state index contributed by atoms with van der Waals surface area (Å²) < 4.78 is 11.1. The van der Waals surface area contributed by atoms with Gasteiger partial charge in [-0.3, -0.25) is 0 Å². The van der Waals surface area contributed by atoms with Gasteiger partial charge in [-0.15, -0.1) is 0 Å². The molecule has 0 aliphatic heterocycles. The van der Waals surface area contributed by atoms with E-state index in [4.69, 9.17) is 20.9 Å².